The summed E-state index contributed by atoms with van der Waals surface area (Å²) in [6.45, 7) is 5.02. The molecule has 3 rings (SSSR count). The van der Waals surface area contributed by atoms with Crippen molar-refractivity contribution in [3.63, 3.8) is 0 Å². The molecule has 0 atom stereocenters. The predicted octanol–water partition coefficient (Wildman–Crippen LogP) is 3.17. The summed E-state index contributed by atoms with van der Waals surface area (Å²) in [6, 6.07) is 4.94. The van der Waals surface area contributed by atoms with Gasteiger partial charge in [0.05, 0.1) is 11.2 Å². The Morgan fingerprint density at radius 3 is 3.05 bits per heavy atom. The van der Waals surface area contributed by atoms with Crippen LogP contribution in [-0.2, 0) is 6.54 Å². The van der Waals surface area contributed by atoms with Crippen LogP contribution < -0.4 is 14.8 Å². The van der Waals surface area contributed by atoms with E-state index in [1.54, 1.807) is 29.1 Å². The van der Waals surface area contributed by atoms with Gasteiger partial charge in [-0.2, -0.15) is 5.10 Å². The van der Waals surface area contributed by atoms with Gasteiger partial charge in [0.15, 0.2) is 11.5 Å². The molecule has 0 aliphatic carbocycles. The molecule has 0 spiro atoms. The van der Waals surface area contributed by atoms with Crippen LogP contribution in [0.4, 0.5) is 5.82 Å². The minimum Gasteiger partial charge on any atom is -0.454 e. The summed E-state index contributed by atoms with van der Waals surface area (Å²) in [4.78, 5) is 12.4. The second-order valence-electron chi connectivity index (χ2n) is 5.44. The molecule has 0 unspecified atom stereocenters. The molecule has 116 valence electrons. The number of anilines is 1. The first-order valence-corrected chi connectivity index (χ1v) is 7.34. The second kappa shape index (κ2) is 5.88. The van der Waals surface area contributed by atoms with E-state index < -0.39 is 0 Å². The van der Waals surface area contributed by atoms with Crippen LogP contribution in [0.3, 0.4) is 0 Å². The van der Waals surface area contributed by atoms with E-state index in [1.807, 2.05) is 0 Å². The molecule has 1 amide bonds. The highest BCUT2D eigenvalue weighted by Gasteiger charge is 2.21. The van der Waals surface area contributed by atoms with Gasteiger partial charge < -0.3 is 14.8 Å². The Morgan fingerprint density at radius 1 is 1.45 bits per heavy atom. The summed E-state index contributed by atoms with van der Waals surface area (Å²) >= 11 is 6.10. The summed E-state index contributed by atoms with van der Waals surface area (Å²) in [5.74, 6) is 1.75. The molecule has 0 radical (unpaired) electrons. The zero-order valence-corrected chi connectivity index (χ0v) is 13.1. The smallest absolute Gasteiger partial charge is 0.257 e. The number of hydrogen-bond donors (Lipinski definition) is 1. The van der Waals surface area contributed by atoms with Gasteiger partial charge in [-0.15, -0.1) is 0 Å². The van der Waals surface area contributed by atoms with Gasteiger partial charge in [-0.3, -0.25) is 4.79 Å². The lowest BCUT2D eigenvalue weighted by Crippen LogP contribution is -2.17. The SMILES string of the molecule is CC(C)Cn1nccc1NC(=O)c1cc(Cl)c2c(c1)OCO2. The first-order valence-electron chi connectivity index (χ1n) is 6.97. The molecule has 6 nitrogen and oxygen atoms in total. The predicted molar refractivity (Wildman–Crippen MR) is 82.6 cm³/mol. The molecule has 1 aliphatic heterocycles. The zero-order valence-electron chi connectivity index (χ0n) is 12.3. The van der Waals surface area contributed by atoms with Crippen LogP contribution >= 0.6 is 11.6 Å². The third-order valence-corrected chi connectivity index (χ3v) is 3.47. The normalized spacial score (nSPS) is 12.7. The van der Waals surface area contributed by atoms with Gasteiger partial charge in [-0.25, -0.2) is 4.68 Å². The summed E-state index contributed by atoms with van der Waals surface area (Å²) in [5, 5.41) is 7.40. The van der Waals surface area contributed by atoms with E-state index in [9.17, 15) is 4.79 Å². The van der Waals surface area contributed by atoms with Crippen LogP contribution in [0.2, 0.25) is 5.02 Å². The molecule has 7 heteroatoms. The van der Waals surface area contributed by atoms with Crippen molar-refractivity contribution in [3.8, 4) is 11.5 Å². The number of nitrogens with zero attached hydrogens (tertiary/aromatic N) is 2. The monoisotopic (exact) mass is 321 g/mol. The molecule has 1 aromatic carbocycles. The maximum atomic E-state index is 12.4. The van der Waals surface area contributed by atoms with E-state index >= 15 is 0 Å². The average molecular weight is 322 g/mol. The minimum atomic E-state index is -0.272. The van der Waals surface area contributed by atoms with Crippen LogP contribution in [-0.4, -0.2) is 22.5 Å². The third kappa shape index (κ3) is 2.87. The van der Waals surface area contributed by atoms with E-state index in [0.29, 0.717) is 33.8 Å². The highest BCUT2D eigenvalue weighted by molar-refractivity contribution is 6.32. The summed E-state index contributed by atoms with van der Waals surface area (Å²) in [5.41, 5.74) is 0.409. The quantitative estimate of drug-likeness (QED) is 0.939. The Kier molecular flexibility index (Phi) is 3.94. The summed E-state index contributed by atoms with van der Waals surface area (Å²) in [6.07, 6.45) is 1.66. The van der Waals surface area contributed by atoms with Crippen LogP contribution in [0.15, 0.2) is 24.4 Å². The number of fused-ring (bicyclic) bond motifs is 1. The summed E-state index contributed by atoms with van der Waals surface area (Å²) < 4.78 is 12.3. The van der Waals surface area contributed by atoms with E-state index in [1.165, 1.54) is 0 Å². The number of halogens is 1. The van der Waals surface area contributed by atoms with E-state index in [2.05, 4.69) is 24.3 Å². The van der Waals surface area contributed by atoms with Gasteiger partial charge in [-0.05, 0) is 18.1 Å². The van der Waals surface area contributed by atoms with Gasteiger partial charge in [-0.1, -0.05) is 25.4 Å². The van der Waals surface area contributed by atoms with Gasteiger partial charge in [0.1, 0.15) is 5.82 Å². The molecule has 1 aromatic heterocycles. The van der Waals surface area contributed by atoms with Crippen molar-refractivity contribution in [1.29, 1.82) is 0 Å². The Bertz CT molecular complexity index is 712. The van der Waals surface area contributed by atoms with Crippen LogP contribution in [0.5, 0.6) is 11.5 Å². The van der Waals surface area contributed by atoms with Crippen molar-refractivity contribution >= 4 is 23.3 Å². The first-order chi connectivity index (χ1) is 10.5. The number of aromatic nitrogens is 2. The van der Waals surface area contributed by atoms with Crippen LogP contribution in [0.25, 0.3) is 0 Å². The highest BCUT2D eigenvalue weighted by atomic mass is 35.5. The topological polar surface area (TPSA) is 65.4 Å². The Balaban J connectivity index is 1.81. The van der Waals surface area contributed by atoms with Crippen molar-refractivity contribution in [2.24, 2.45) is 5.92 Å². The molecular formula is C15H16ClN3O3. The van der Waals surface area contributed by atoms with E-state index in [-0.39, 0.29) is 12.7 Å². The third-order valence-electron chi connectivity index (χ3n) is 3.19. The molecule has 1 N–H and O–H groups in total. The number of amides is 1. The number of hydrogen-bond acceptors (Lipinski definition) is 4. The lowest BCUT2D eigenvalue weighted by atomic mass is 10.2. The Hall–Kier alpha value is -2.21. The number of carbonyl (C=O) groups excluding carboxylic acids is 1. The molecule has 0 saturated carbocycles. The van der Waals surface area contributed by atoms with Crippen LogP contribution in [0, 0.1) is 5.92 Å². The van der Waals surface area contributed by atoms with Crippen molar-refractivity contribution in [2.45, 2.75) is 20.4 Å². The van der Waals surface area contributed by atoms with Gasteiger partial charge in [0.2, 0.25) is 6.79 Å². The lowest BCUT2D eigenvalue weighted by molar-refractivity contribution is 0.102. The van der Waals surface area contributed by atoms with E-state index in [0.717, 1.165) is 6.54 Å². The number of nitrogens with one attached hydrogen (secondary N) is 1. The fraction of sp³-hybridized carbons (Fsp3) is 0.333. The van der Waals surface area contributed by atoms with Crippen molar-refractivity contribution in [3.05, 3.63) is 35.0 Å². The fourth-order valence-electron chi connectivity index (χ4n) is 2.22. The summed E-state index contributed by atoms with van der Waals surface area (Å²) in [7, 11) is 0. The molecular weight excluding hydrogens is 306 g/mol. The first kappa shape index (κ1) is 14.7. The maximum Gasteiger partial charge on any atom is 0.257 e. The number of carbonyl (C=O) groups is 1. The molecule has 0 saturated heterocycles. The maximum absolute atomic E-state index is 12.4. The zero-order chi connectivity index (χ0) is 15.7. The fourth-order valence-corrected chi connectivity index (χ4v) is 2.48. The minimum absolute atomic E-state index is 0.112. The standard InChI is InChI=1S/C15H16ClN3O3/c1-9(2)7-19-13(3-4-17-19)18-15(20)10-5-11(16)14-12(6-10)21-8-22-14/h3-6,9H,7-8H2,1-2H3,(H,18,20). The lowest BCUT2D eigenvalue weighted by Gasteiger charge is -2.11. The van der Waals surface area contributed by atoms with Crippen LogP contribution in [0.1, 0.15) is 24.2 Å². The molecule has 1 aliphatic rings. The highest BCUT2D eigenvalue weighted by Crippen LogP contribution is 2.39. The number of rotatable bonds is 4. The molecule has 0 fully saturated rings. The number of ether oxygens (including phenoxy) is 2. The largest absolute Gasteiger partial charge is 0.454 e. The van der Waals surface area contributed by atoms with Gasteiger partial charge in [0, 0.05) is 18.2 Å². The van der Waals surface area contributed by atoms with Crippen molar-refractivity contribution in [2.75, 3.05) is 12.1 Å². The Labute approximate surface area is 133 Å². The van der Waals surface area contributed by atoms with Gasteiger partial charge in [0.25, 0.3) is 5.91 Å². The van der Waals surface area contributed by atoms with Gasteiger partial charge >= 0.3 is 0 Å². The average Bonchev–Trinajstić information content (AvgIpc) is 3.08. The molecule has 0 bridgehead atoms. The Morgan fingerprint density at radius 2 is 2.27 bits per heavy atom. The van der Waals surface area contributed by atoms with Crippen molar-refractivity contribution in [1.82, 2.24) is 9.78 Å². The molecule has 22 heavy (non-hydrogen) atoms. The molecule has 2 heterocycles. The second-order valence-corrected chi connectivity index (χ2v) is 5.85. The molecule has 2 aromatic rings. The van der Waals surface area contributed by atoms with Crippen molar-refractivity contribution < 1.29 is 14.3 Å². The number of benzene rings is 1. The van der Waals surface area contributed by atoms with E-state index in [4.69, 9.17) is 21.1 Å².